The number of benzene rings is 1. The summed E-state index contributed by atoms with van der Waals surface area (Å²) in [6.07, 6.45) is 2.97. The molecule has 0 bridgehead atoms. The van der Waals surface area contributed by atoms with E-state index in [-0.39, 0.29) is 5.56 Å². The summed E-state index contributed by atoms with van der Waals surface area (Å²) in [4.78, 5) is 27.3. The highest BCUT2D eigenvalue weighted by Gasteiger charge is 2.49. The fourth-order valence-corrected chi connectivity index (χ4v) is 4.24. The minimum absolute atomic E-state index is 0.0374. The third kappa shape index (κ3) is 3.52. The van der Waals surface area contributed by atoms with Crippen LogP contribution in [0.25, 0.3) is 5.69 Å². The number of anilines is 1. The zero-order valence-corrected chi connectivity index (χ0v) is 17.3. The molecule has 0 radical (unpaired) electrons. The van der Waals surface area contributed by atoms with Gasteiger partial charge in [-0.1, -0.05) is 6.07 Å². The van der Waals surface area contributed by atoms with Crippen LogP contribution in [-0.2, 0) is 4.74 Å². The second kappa shape index (κ2) is 7.38. The van der Waals surface area contributed by atoms with E-state index in [9.17, 15) is 9.18 Å². The van der Waals surface area contributed by atoms with Crippen molar-refractivity contribution in [2.24, 2.45) is 0 Å². The summed E-state index contributed by atoms with van der Waals surface area (Å²) in [6.45, 7) is 6.16. The van der Waals surface area contributed by atoms with Crippen molar-refractivity contribution >= 4 is 11.9 Å². The number of halogens is 1. The number of hydrogen-bond donors (Lipinski definition) is 0. The molecule has 0 aliphatic carbocycles. The predicted octanol–water partition coefficient (Wildman–Crippen LogP) is 1.54. The van der Waals surface area contributed by atoms with Gasteiger partial charge in [0.25, 0.3) is 5.91 Å². The van der Waals surface area contributed by atoms with Crippen LogP contribution in [0.1, 0.15) is 21.7 Å². The first-order valence-corrected chi connectivity index (χ1v) is 10.1. The molecule has 160 valence electrons. The first-order chi connectivity index (χ1) is 14.9. The minimum atomic E-state index is -0.598. The molecular formula is C21H22FN7O2. The molecule has 0 atom stereocenters. The van der Waals surface area contributed by atoms with Crippen LogP contribution in [0.5, 0.6) is 0 Å². The molecule has 5 rings (SSSR count). The van der Waals surface area contributed by atoms with Crippen LogP contribution in [-0.4, -0.2) is 74.2 Å². The van der Waals surface area contributed by atoms with E-state index in [0.717, 1.165) is 11.4 Å². The van der Waals surface area contributed by atoms with Gasteiger partial charge in [0, 0.05) is 17.9 Å². The lowest BCUT2D eigenvalue weighted by atomic mass is 9.91. The predicted molar refractivity (Wildman–Crippen MR) is 110 cm³/mol. The van der Waals surface area contributed by atoms with Crippen molar-refractivity contribution in [2.75, 3.05) is 37.7 Å². The summed E-state index contributed by atoms with van der Waals surface area (Å²) in [7, 11) is 0. The average Bonchev–Trinajstić information content (AvgIpc) is 3.25. The number of carbonyl (C=O) groups excluding carboxylic acids is 1. The largest absolute Gasteiger partial charge is 0.368 e. The van der Waals surface area contributed by atoms with Gasteiger partial charge in [-0.3, -0.25) is 4.79 Å². The van der Waals surface area contributed by atoms with Gasteiger partial charge < -0.3 is 14.5 Å². The number of aryl methyl sites for hydroxylation is 2. The molecule has 1 amide bonds. The molecule has 31 heavy (non-hydrogen) atoms. The number of carbonyl (C=O) groups is 1. The lowest BCUT2D eigenvalue weighted by molar-refractivity contribution is -0.114. The quantitative estimate of drug-likeness (QED) is 0.631. The van der Waals surface area contributed by atoms with Crippen LogP contribution in [0, 0.1) is 19.7 Å². The van der Waals surface area contributed by atoms with Crippen LogP contribution >= 0.6 is 0 Å². The zero-order chi connectivity index (χ0) is 21.6. The number of aromatic nitrogens is 5. The molecule has 10 heteroatoms. The van der Waals surface area contributed by atoms with Crippen molar-refractivity contribution in [3.8, 4) is 5.69 Å². The van der Waals surface area contributed by atoms with E-state index < -0.39 is 17.3 Å². The number of rotatable bonds is 3. The van der Waals surface area contributed by atoms with E-state index in [1.807, 2.05) is 24.8 Å². The van der Waals surface area contributed by atoms with Crippen molar-refractivity contribution in [3.63, 3.8) is 0 Å². The molecule has 1 aromatic carbocycles. The Hall–Kier alpha value is -3.40. The molecule has 2 aliphatic rings. The van der Waals surface area contributed by atoms with Crippen molar-refractivity contribution < 1.29 is 13.9 Å². The number of morpholine rings is 1. The van der Waals surface area contributed by atoms with Crippen LogP contribution < -0.4 is 4.90 Å². The molecule has 2 aromatic heterocycles. The Morgan fingerprint density at radius 2 is 1.81 bits per heavy atom. The van der Waals surface area contributed by atoms with Crippen molar-refractivity contribution in [1.82, 2.24) is 29.9 Å². The number of ether oxygens (including phenoxy) is 1. The van der Waals surface area contributed by atoms with Crippen LogP contribution in [0.4, 0.5) is 10.3 Å². The summed E-state index contributed by atoms with van der Waals surface area (Å²) in [6, 6.07) is 6.38. The highest BCUT2D eigenvalue weighted by Crippen LogP contribution is 2.33. The molecule has 9 nitrogen and oxygen atoms in total. The molecule has 3 aromatic rings. The van der Waals surface area contributed by atoms with E-state index in [1.165, 1.54) is 23.3 Å². The topological polar surface area (TPSA) is 89.3 Å². The average molecular weight is 423 g/mol. The molecule has 4 heterocycles. The van der Waals surface area contributed by atoms with Gasteiger partial charge in [-0.2, -0.15) is 15.0 Å². The highest BCUT2D eigenvalue weighted by molar-refractivity contribution is 5.98. The van der Waals surface area contributed by atoms with Gasteiger partial charge in [-0.05, 0) is 32.0 Å². The highest BCUT2D eigenvalue weighted by atomic mass is 19.1. The lowest BCUT2D eigenvalue weighted by Crippen LogP contribution is -2.71. The van der Waals surface area contributed by atoms with Gasteiger partial charge in [0.1, 0.15) is 22.7 Å². The van der Waals surface area contributed by atoms with Gasteiger partial charge in [-0.15, -0.1) is 0 Å². The van der Waals surface area contributed by atoms with E-state index in [1.54, 1.807) is 17.0 Å². The Morgan fingerprint density at radius 1 is 1.10 bits per heavy atom. The van der Waals surface area contributed by atoms with Crippen molar-refractivity contribution in [3.05, 3.63) is 59.4 Å². The van der Waals surface area contributed by atoms with Crippen LogP contribution in [0.2, 0.25) is 0 Å². The molecular weight excluding hydrogens is 401 g/mol. The molecule has 0 unspecified atom stereocenters. The van der Waals surface area contributed by atoms with Gasteiger partial charge in [0.15, 0.2) is 0 Å². The Morgan fingerprint density at radius 3 is 2.52 bits per heavy atom. The van der Waals surface area contributed by atoms with Crippen LogP contribution in [0.3, 0.4) is 0 Å². The third-order valence-electron chi connectivity index (χ3n) is 5.59. The number of amides is 1. The second-order valence-corrected chi connectivity index (χ2v) is 8.02. The minimum Gasteiger partial charge on any atom is -0.368 e. The van der Waals surface area contributed by atoms with Gasteiger partial charge in [0.2, 0.25) is 5.95 Å². The first-order valence-electron chi connectivity index (χ1n) is 10.1. The van der Waals surface area contributed by atoms with Crippen molar-refractivity contribution in [1.29, 1.82) is 0 Å². The normalized spacial score (nSPS) is 17.6. The Labute approximate surface area is 178 Å². The van der Waals surface area contributed by atoms with Gasteiger partial charge in [0.05, 0.1) is 38.6 Å². The number of hydrogen-bond acceptors (Lipinski definition) is 7. The summed E-state index contributed by atoms with van der Waals surface area (Å²) in [5, 5.41) is 8.10. The van der Waals surface area contributed by atoms with E-state index in [2.05, 4.69) is 20.2 Å². The van der Waals surface area contributed by atoms with E-state index >= 15 is 0 Å². The summed E-state index contributed by atoms with van der Waals surface area (Å²) < 4.78 is 20.8. The van der Waals surface area contributed by atoms with Crippen LogP contribution in [0.15, 0.2) is 36.7 Å². The molecule has 0 N–H and O–H groups in total. The van der Waals surface area contributed by atoms with Gasteiger partial charge in [-0.25, -0.2) is 14.4 Å². The van der Waals surface area contributed by atoms with Gasteiger partial charge >= 0.3 is 0 Å². The maximum absolute atomic E-state index is 14.7. The standard InChI is InChI=1S/C21H22FN7O2/c1-14-10-15(2)26-20(25-14)28-12-21(13-28)11-27(8-9-31-21)19(30)18-16(22)4-3-5-17(18)29-23-6-7-24-29/h3-7,10H,8-9,11-13H2,1-2H3. The van der Waals surface area contributed by atoms with Crippen molar-refractivity contribution in [2.45, 2.75) is 19.4 Å². The second-order valence-electron chi connectivity index (χ2n) is 8.02. The molecule has 2 saturated heterocycles. The lowest BCUT2D eigenvalue weighted by Gasteiger charge is -2.53. The SMILES string of the molecule is Cc1cc(C)nc(N2CC3(CN(C(=O)c4c(F)cccc4-n4nccn4)CCO3)C2)n1. The summed E-state index contributed by atoms with van der Waals surface area (Å²) in [5.41, 5.74) is 1.58. The molecule has 0 saturated carbocycles. The Kier molecular flexibility index (Phi) is 4.66. The fourth-order valence-electron chi connectivity index (χ4n) is 4.24. The maximum Gasteiger partial charge on any atom is 0.259 e. The molecule has 1 spiro atoms. The Bertz CT molecular complexity index is 1110. The molecule has 2 fully saturated rings. The first kappa shape index (κ1) is 19.6. The monoisotopic (exact) mass is 423 g/mol. The number of nitrogens with zero attached hydrogens (tertiary/aromatic N) is 7. The maximum atomic E-state index is 14.7. The fraction of sp³-hybridized carbons (Fsp3) is 0.381. The zero-order valence-electron chi connectivity index (χ0n) is 17.3. The van der Waals surface area contributed by atoms with E-state index in [4.69, 9.17) is 4.74 Å². The summed E-state index contributed by atoms with van der Waals surface area (Å²) in [5.74, 6) is -0.329. The third-order valence-corrected chi connectivity index (χ3v) is 5.59. The summed E-state index contributed by atoms with van der Waals surface area (Å²) >= 11 is 0. The Balaban J connectivity index is 1.36. The van der Waals surface area contributed by atoms with E-state index in [0.29, 0.717) is 44.4 Å². The smallest absolute Gasteiger partial charge is 0.259 e. The molecule has 2 aliphatic heterocycles.